The van der Waals surface area contributed by atoms with E-state index >= 15 is 0 Å². The number of fused-ring (bicyclic) bond motifs is 1. The monoisotopic (exact) mass is 521 g/mol. The molecule has 16 heteroatoms. The zero-order chi connectivity index (χ0) is 28.4. The van der Waals surface area contributed by atoms with Gasteiger partial charge in [-0.25, -0.2) is 0 Å². The van der Waals surface area contributed by atoms with Gasteiger partial charge in [0.1, 0.15) is 21.7 Å². The molecule has 0 saturated carbocycles. The van der Waals surface area contributed by atoms with E-state index in [4.69, 9.17) is 58.7 Å². The summed E-state index contributed by atoms with van der Waals surface area (Å²) in [5, 5.41) is -0.741. The van der Waals surface area contributed by atoms with Crippen LogP contribution in [0.15, 0.2) is 30.3 Å². The molecule has 1 unspecified atom stereocenters. The molecule has 0 spiro atoms. The minimum atomic E-state index is -4.10. The van der Waals surface area contributed by atoms with Crippen molar-refractivity contribution in [2.24, 2.45) is 0 Å². The van der Waals surface area contributed by atoms with Gasteiger partial charge in [-0.15, -0.1) is 0 Å². The maximum absolute atomic E-state index is 14.9. The van der Waals surface area contributed by atoms with Crippen molar-refractivity contribution in [3.63, 3.8) is 0 Å². The number of piperidine rings is 1. The normalized spacial score (nSPS) is 19.2. The Labute approximate surface area is 229 Å². The fraction of sp³-hybridized carbons (Fsp3) is 0.273. The number of rotatable bonds is 5. The number of hydrogen-bond acceptors (Lipinski definition) is 4. The number of nitrogens with zero attached hydrogens (tertiary/aromatic N) is 1. The van der Waals surface area contributed by atoms with Gasteiger partial charge in [-0.3, -0.25) is 24.5 Å². The number of carbonyl (C=O) groups is 4. The Morgan fingerprint density at radius 3 is 2.32 bits per heavy atom. The van der Waals surface area contributed by atoms with E-state index in [1.807, 2.05) is 5.32 Å². The lowest BCUT2D eigenvalue weighted by Crippen LogP contribution is -2.60. The molecule has 7 nitrogen and oxygen atoms in total. The second-order valence-electron chi connectivity index (χ2n) is 9.05. The highest BCUT2D eigenvalue weighted by atomic mass is 35.5. The van der Waals surface area contributed by atoms with Crippen LogP contribution in [0.5, 0.6) is 0 Å². The SMILES string of the molecule is [B]c1cc2c(c([B])c1C([B])([B])NC(=O)C(F)(F)c1ccc(Cl)cc1)C([B])([B])N(C1CCC(=O)NC1=O)C2=O. The highest BCUT2D eigenvalue weighted by Crippen LogP contribution is 2.38. The molecule has 2 aromatic rings. The van der Waals surface area contributed by atoms with Crippen molar-refractivity contribution in [2.75, 3.05) is 0 Å². The van der Waals surface area contributed by atoms with E-state index in [0.29, 0.717) is 0 Å². The lowest BCUT2D eigenvalue weighted by molar-refractivity contribution is -0.147. The summed E-state index contributed by atoms with van der Waals surface area (Å²) >= 11 is 5.72. The van der Waals surface area contributed by atoms with Gasteiger partial charge in [-0.05, 0) is 34.8 Å². The molecule has 12 radical (unpaired) electrons. The summed E-state index contributed by atoms with van der Waals surface area (Å²) in [6.07, 6.45) is -0.158. The molecule has 2 aliphatic heterocycles. The largest absolute Gasteiger partial charge is 0.358 e. The average molecular weight is 521 g/mol. The van der Waals surface area contributed by atoms with Crippen LogP contribution in [-0.2, 0) is 31.0 Å². The standard InChI is InChI=1S/C22H12B6ClF2N3O4/c23-11-7-10-14(22(27,28)34(18(10)37)12-5-6-13(35)32-17(12)36)16(24)15(11)21(25,26)33-19(38)20(30,31)8-1-3-9(29)4-2-8/h1-4,7,12H,5-6H2,(H,33,38)(H,32,35,36). The molecule has 2 aromatic carbocycles. The molecule has 0 aromatic heterocycles. The molecule has 38 heavy (non-hydrogen) atoms. The zero-order valence-corrected chi connectivity index (χ0v) is 20.3. The molecule has 1 saturated heterocycles. The van der Waals surface area contributed by atoms with Crippen molar-refractivity contribution in [1.82, 2.24) is 15.5 Å². The molecular formula is C22H12B6ClF2N3O4. The summed E-state index contributed by atoms with van der Waals surface area (Å²) < 4.78 is 29.7. The van der Waals surface area contributed by atoms with E-state index in [0.717, 1.165) is 23.1 Å². The number of amides is 4. The third-order valence-corrected chi connectivity index (χ3v) is 6.64. The molecule has 1 atom stereocenters. The van der Waals surface area contributed by atoms with Gasteiger partial charge < -0.3 is 10.2 Å². The lowest BCUT2D eigenvalue weighted by atomic mass is 9.49. The molecule has 1 fully saturated rings. The number of alkyl halides is 2. The quantitative estimate of drug-likeness (QED) is 0.352. The van der Waals surface area contributed by atoms with E-state index in [1.54, 1.807) is 0 Å². The van der Waals surface area contributed by atoms with Gasteiger partial charge in [0.25, 0.3) is 11.8 Å². The van der Waals surface area contributed by atoms with Crippen LogP contribution in [0.4, 0.5) is 8.78 Å². The van der Waals surface area contributed by atoms with Gasteiger partial charge in [-0.2, -0.15) is 8.78 Å². The van der Waals surface area contributed by atoms with Gasteiger partial charge in [0.2, 0.25) is 11.8 Å². The van der Waals surface area contributed by atoms with Crippen molar-refractivity contribution in [2.45, 2.75) is 35.5 Å². The number of halogens is 3. The Hall–Kier alpha value is -2.94. The smallest absolute Gasteiger partial charge is 0.349 e. The molecular weight excluding hydrogens is 509 g/mol. The van der Waals surface area contributed by atoms with Gasteiger partial charge in [0.15, 0.2) is 0 Å². The third kappa shape index (κ3) is 4.48. The van der Waals surface area contributed by atoms with Gasteiger partial charge in [0.05, 0.1) is 31.4 Å². The van der Waals surface area contributed by atoms with E-state index in [2.05, 4.69) is 5.32 Å². The Morgan fingerprint density at radius 2 is 1.74 bits per heavy atom. The maximum Gasteiger partial charge on any atom is 0.349 e. The summed E-state index contributed by atoms with van der Waals surface area (Å²) in [4.78, 5) is 50.7. The van der Waals surface area contributed by atoms with E-state index < -0.39 is 62.9 Å². The number of benzene rings is 2. The molecule has 4 amide bonds. The number of hydrogen-bond donors (Lipinski definition) is 2. The van der Waals surface area contributed by atoms with Crippen LogP contribution in [0.2, 0.25) is 5.02 Å². The molecule has 0 bridgehead atoms. The third-order valence-electron chi connectivity index (χ3n) is 6.39. The summed E-state index contributed by atoms with van der Waals surface area (Å²) in [7, 11) is 36.9. The minimum Gasteiger partial charge on any atom is -0.358 e. The van der Waals surface area contributed by atoms with E-state index in [-0.39, 0.29) is 34.5 Å². The lowest BCUT2D eigenvalue weighted by Gasteiger charge is -2.42. The van der Waals surface area contributed by atoms with Crippen LogP contribution in [0.3, 0.4) is 0 Å². The highest BCUT2D eigenvalue weighted by Gasteiger charge is 2.50. The summed E-state index contributed by atoms with van der Waals surface area (Å²) in [6.45, 7) is 0. The zero-order valence-electron chi connectivity index (χ0n) is 19.6. The van der Waals surface area contributed by atoms with Crippen molar-refractivity contribution >= 4 is 93.2 Å². The van der Waals surface area contributed by atoms with Gasteiger partial charge in [-0.1, -0.05) is 46.3 Å². The molecule has 0 aliphatic carbocycles. The van der Waals surface area contributed by atoms with Gasteiger partial charge in [0, 0.05) is 22.6 Å². The van der Waals surface area contributed by atoms with Crippen LogP contribution < -0.4 is 21.6 Å². The summed E-state index contributed by atoms with van der Waals surface area (Å²) in [5.74, 6) is -8.17. The van der Waals surface area contributed by atoms with Crippen LogP contribution >= 0.6 is 11.6 Å². The van der Waals surface area contributed by atoms with Crippen LogP contribution in [0.1, 0.15) is 39.9 Å². The first kappa shape index (κ1) is 28.1. The summed E-state index contributed by atoms with van der Waals surface area (Å²) in [6, 6.07) is 4.05. The average Bonchev–Trinajstić information content (AvgIpc) is 2.99. The number of carbonyl (C=O) groups excluding carboxylic acids is 4. The van der Waals surface area contributed by atoms with Crippen molar-refractivity contribution in [1.29, 1.82) is 0 Å². The molecule has 2 heterocycles. The highest BCUT2D eigenvalue weighted by molar-refractivity contribution is 6.52. The fourth-order valence-electron chi connectivity index (χ4n) is 4.65. The number of imide groups is 1. The Morgan fingerprint density at radius 1 is 1.13 bits per heavy atom. The molecule has 2 aliphatic rings. The predicted molar refractivity (Wildman–Crippen MR) is 139 cm³/mol. The minimum absolute atomic E-state index is 0.0731. The van der Waals surface area contributed by atoms with Crippen molar-refractivity contribution in [3.8, 4) is 0 Å². The van der Waals surface area contributed by atoms with Crippen LogP contribution in [0, 0.1) is 0 Å². The molecule has 2 N–H and O–H groups in total. The second-order valence-corrected chi connectivity index (χ2v) is 9.49. The molecule has 4 rings (SSSR count). The number of nitrogens with one attached hydrogen (secondary N) is 2. The second kappa shape index (κ2) is 9.36. The first-order valence-corrected chi connectivity index (χ1v) is 11.4. The fourth-order valence-corrected chi connectivity index (χ4v) is 4.78. The van der Waals surface area contributed by atoms with Crippen LogP contribution in [-0.4, -0.2) is 81.6 Å². The first-order chi connectivity index (χ1) is 17.5. The van der Waals surface area contributed by atoms with E-state index in [9.17, 15) is 28.0 Å². The predicted octanol–water partition coefficient (Wildman–Crippen LogP) is -2.01. The first-order valence-electron chi connectivity index (χ1n) is 11.0. The summed E-state index contributed by atoms with van der Waals surface area (Å²) in [5.41, 5.74) is -2.42. The Balaban J connectivity index is 1.72. The Bertz CT molecular complexity index is 1390. The van der Waals surface area contributed by atoms with Gasteiger partial charge >= 0.3 is 5.92 Å². The topological polar surface area (TPSA) is 95.6 Å². The van der Waals surface area contributed by atoms with Crippen molar-refractivity contribution < 1.29 is 28.0 Å². The van der Waals surface area contributed by atoms with Crippen LogP contribution in [0.25, 0.3) is 0 Å². The van der Waals surface area contributed by atoms with E-state index in [1.165, 1.54) is 12.1 Å². The molecule has 178 valence electrons. The maximum atomic E-state index is 14.9. The van der Waals surface area contributed by atoms with Crippen molar-refractivity contribution in [3.05, 3.63) is 57.6 Å². The Kier molecular flexibility index (Phi) is 6.92.